The first kappa shape index (κ1) is 8.11. The van der Waals surface area contributed by atoms with Crippen molar-refractivity contribution in [2.45, 2.75) is 25.7 Å². The zero-order chi connectivity index (χ0) is 8.23. The van der Waals surface area contributed by atoms with E-state index < -0.39 is 0 Å². The molecule has 2 aliphatic heterocycles. The molecule has 1 saturated heterocycles. The van der Waals surface area contributed by atoms with Crippen molar-refractivity contribution in [3.05, 3.63) is 11.8 Å². The Balaban J connectivity index is 1.95. The summed E-state index contributed by atoms with van der Waals surface area (Å²) in [6.07, 6.45) is 7.43. The van der Waals surface area contributed by atoms with Crippen LogP contribution >= 0.6 is 0 Å². The van der Waals surface area contributed by atoms with Crippen LogP contribution in [0.25, 0.3) is 0 Å². The smallest absolute Gasteiger partial charge is 0.0667 e. The molecule has 0 unspecified atom stereocenters. The minimum Gasteiger partial charge on any atom is -0.377 e. The van der Waals surface area contributed by atoms with Crippen LogP contribution in [0.1, 0.15) is 25.7 Å². The van der Waals surface area contributed by atoms with Gasteiger partial charge in [-0.3, -0.25) is 0 Å². The van der Waals surface area contributed by atoms with E-state index >= 15 is 0 Å². The number of hydrogen-bond donors (Lipinski definition) is 0. The Hall–Kier alpha value is -0.500. The third-order valence-corrected chi connectivity index (χ3v) is 2.67. The Bertz CT molecular complexity index is 171. The largest absolute Gasteiger partial charge is 0.377 e. The van der Waals surface area contributed by atoms with Gasteiger partial charge in [-0.2, -0.15) is 0 Å². The van der Waals surface area contributed by atoms with E-state index in [0.29, 0.717) is 0 Å². The van der Waals surface area contributed by atoms with Crippen molar-refractivity contribution in [2.24, 2.45) is 0 Å². The van der Waals surface area contributed by atoms with Crippen molar-refractivity contribution < 1.29 is 4.74 Å². The van der Waals surface area contributed by atoms with Gasteiger partial charge in [-0.25, -0.2) is 0 Å². The summed E-state index contributed by atoms with van der Waals surface area (Å²) in [5.74, 6) is 0. The molecular weight excluding hydrogens is 150 g/mol. The van der Waals surface area contributed by atoms with Crippen molar-refractivity contribution in [2.75, 3.05) is 26.3 Å². The number of hydrogen-bond acceptors (Lipinski definition) is 2. The third-order valence-electron chi connectivity index (χ3n) is 2.67. The second-order valence-electron chi connectivity index (χ2n) is 3.57. The van der Waals surface area contributed by atoms with Crippen LogP contribution in [0.15, 0.2) is 11.8 Å². The first-order valence-corrected chi connectivity index (χ1v) is 4.98. The van der Waals surface area contributed by atoms with E-state index in [9.17, 15) is 0 Å². The van der Waals surface area contributed by atoms with Crippen LogP contribution in [0.4, 0.5) is 0 Å². The number of allylic oxidation sites excluding steroid dienone is 1. The predicted molar refractivity (Wildman–Crippen MR) is 48.9 cm³/mol. The fraction of sp³-hybridized carbons (Fsp3) is 0.800. The van der Waals surface area contributed by atoms with Crippen LogP contribution in [0.2, 0.25) is 0 Å². The summed E-state index contributed by atoms with van der Waals surface area (Å²) in [5, 5.41) is 0. The molecule has 0 atom stereocenters. The molecule has 0 aromatic heterocycles. The Morgan fingerprint density at radius 1 is 1.17 bits per heavy atom. The molecule has 0 spiro atoms. The zero-order valence-electron chi connectivity index (χ0n) is 7.59. The van der Waals surface area contributed by atoms with Gasteiger partial charge in [-0.05, 0) is 31.8 Å². The fourth-order valence-electron chi connectivity index (χ4n) is 1.99. The monoisotopic (exact) mass is 167 g/mol. The van der Waals surface area contributed by atoms with Gasteiger partial charge in [-0.1, -0.05) is 0 Å². The fourth-order valence-corrected chi connectivity index (χ4v) is 1.99. The van der Waals surface area contributed by atoms with Crippen molar-refractivity contribution in [1.29, 1.82) is 0 Å². The normalized spacial score (nSPS) is 25.3. The summed E-state index contributed by atoms with van der Waals surface area (Å²) in [7, 11) is 0. The first-order chi connectivity index (χ1) is 5.97. The molecule has 0 aromatic rings. The van der Waals surface area contributed by atoms with E-state index in [1.807, 2.05) is 0 Å². The number of likely N-dealkylation sites (tertiary alicyclic amines) is 1. The lowest BCUT2D eigenvalue weighted by atomic mass is 10.2. The second-order valence-corrected chi connectivity index (χ2v) is 3.57. The van der Waals surface area contributed by atoms with Crippen molar-refractivity contribution >= 4 is 0 Å². The van der Waals surface area contributed by atoms with E-state index in [2.05, 4.69) is 11.0 Å². The molecule has 0 saturated carbocycles. The molecule has 2 aliphatic rings. The highest BCUT2D eigenvalue weighted by Gasteiger charge is 2.15. The van der Waals surface area contributed by atoms with Crippen LogP contribution in [-0.2, 0) is 4.74 Å². The van der Waals surface area contributed by atoms with E-state index in [-0.39, 0.29) is 0 Å². The van der Waals surface area contributed by atoms with Gasteiger partial charge in [0.25, 0.3) is 0 Å². The molecule has 0 bridgehead atoms. The van der Waals surface area contributed by atoms with Gasteiger partial charge in [0.1, 0.15) is 0 Å². The Morgan fingerprint density at radius 3 is 2.83 bits per heavy atom. The molecule has 68 valence electrons. The summed E-state index contributed by atoms with van der Waals surface area (Å²) in [6.45, 7) is 4.30. The van der Waals surface area contributed by atoms with Crippen LogP contribution in [0, 0.1) is 0 Å². The van der Waals surface area contributed by atoms with Gasteiger partial charge in [0, 0.05) is 25.4 Å². The second kappa shape index (κ2) is 3.94. The molecule has 0 amide bonds. The van der Waals surface area contributed by atoms with Gasteiger partial charge >= 0.3 is 0 Å². The van der Waals surface area contributed by atoms with Crippen molar-refractivity contribution in [1.82, 2.24) is 4.90 Å². The number of rotatable bonds is 1. The summed E-state index contributed by atoms with van der Waals surface area (Å²) in [5.41, 5.74) is 1.53. The molecular formula is C10H17NO. The average molecular weight is 167 g/mol. The first-order valence-electron chi connectivity index (χ1n) is 4.98. The van der Waals surface area contributed by atoms with Crippen molar-refractivity contribution in [3.63, 3.8) is 0 Å². The highest BCUT2D eigenvalue weighted by molar-refractivity contribution is 5.04. The van der Waals surface area contributed by atoms with Gasteiger partial charge in [0.15, 0.2) is 0 Å². The summed E-state index contributed by atoms with van der Waals surface area (Å²) in [6, 6.07) is 0. The lowest BCUT2D eigenvalue weighted by Gasteiger charge is -2.20. The lowest BCUT2D eigenvalue weighted by Crippen LogP contribution is -2.18. The molecule has 2 heteroatoms. The third kappa shape index (κ3) is 1.81. The lowest BCUT2D eigenvalue weighted by molar-refractivity contribution is 0.165. The predicted octanol–water partition coefficient (Wildman–Crippen LogP) is 1.78. The van der Waals surface area contributed by atoms with Crippen molar-refractivity contribution in [3.8, 4) is 0 Å². The highest BCUT2D eigenvalue weighted by Crippen LogP contribution is 2.19. The van der Waals surface area contributed by atoms with Crippen LogP contribution < -0.4 is 0 Å². The average Bonchev–Trinajstić information content (AvgIpc) is 2.48. The number of ether oxygens (including phenoxy) is 1. The molecule has 0 aromatic carbocycles. The standard InChI is InChI=1S/C10H17NO/c1-2-7-11(6-1)10-4-3-8-12-9-5-10/h5H,1-4,6-9H2. The highest BCUT2D eigenvalue weighted by atomic mass is 16.5. The SMILES string of the molecule is C1=C(N2CCCC2)CCCOC1. The van der Waals surface area contributed by atoms with Gasteiger partial charge in [0.2, 0.25) is 0 Å². The van der Waals surface area contributed by atoms with E-state index in [0.717, 1.165) is 13.2 Å². The van der Waals surface area contributed by atoms with E-state index in [1.165, 1.54) is 44.5 Å². The topological polar surface area (TPSA) is 12.5 Å². The Kier molecular flexibility index (Phi) is 2.67. The van der Waals surface area contributed by atoms with E-state index in [1.54, 1.807) is 0 Å². The Labute approximate surface area is 74.2 Å². The van der Waals surface area contributed by atoms with Gasteiger partial charge in [0.05, 0.1) is 6.61 Å². The molecule has 0 radical (unpaired) electrons. The minimum absolute atomic E-state index is 0.825. The molecule has 2 nitrogen and oxygen atoms in total. The maximum atomic E-state index is 5.38. The summed E-state index contributed by atoms with van der Waals surface area (Å²) >= 11 is 0. The maximum absolute atomic E-state index is 5.38. The minimum atomic E-state index is 0.825. The quantitative estimate of drug-likeness (QED) is 0.590. The van der Waals surface area contributed by atoms with Crippen LogP contribution in [0.5, 0.6) is 0 Å². The van der Waals surface area contributed by atoms with E-state index in [4.69, 9.17) is 4.74 Å². The maximum Gasteiger partial charge on any atom is 0.0667 e. The molecule has 1 fully saturated rings. The molecule has 0 aliphatic carbocycles. The molecule has 2 rings (SSSR count). The molecule has 2 heterocycles. The van der Waals surface area contributed by atoms with Gasteiger partial charge < -0.3 is 9.64 Å². The molecule has 12 heavy (non-hydrogen) atoms. The summed E-state index contributed by atoms with van der Waals surface area (Å²) < 4.78 is 5.38. The zero-order valence-corrected chi connectivity index (χ0v) is 7.59. The van der Waals surface area contributed by atoms with Crippen LogP contribution in [0.3, 0.4) is 0 Å². The summed E-state index contributed by atoms with van der Waals surface area (Å²) in [4.78, 5) is 2.52. The molecule has 0 N–H and O–H groups in total. The van der Waals surface area contributed by atoms with Crippen LogP contribution in [-0.4, -0.2) is 31.2 Å². The number of nitrogens with zero attached hydrogens (tertiary/aromatic N) is 1. The van der Waals surface area contributed by atoms with Gasteiger partial charge in [-0.15, -0.1) is 0 Å². The Morgan fingerprint density at radius 2 is 2.00 bits per heavy atom.